The van der Waals surface area contributed by atoms with Crippen LogP contribution in [0.5, 0.6) is 5.75 Å². The topological polar surface area (TPSA) is 68.9 Å². The zero-order valence-electron chi connectivity index (χ0n) is 13.8. The highest BCUT2D eigenvalue weighted by Gasteiger charge is 2.32. The molecule has 0 bridgehead atoms. The number of nitrogens with zero attached hydrogens (tertiary/aromatic N) is 1. The maximum Gasteiger partial charge on any atom is 0.573 e. The fraction of sp³-hybridized carbons (Fsp3) is 0.235. The third kappa shape index (κ3) is 6.12. The average molecular weight is 388 g/mol. The molecule has 140 valence electrons. The minimum absolute atomic E-state index is 0.0443. The van der Waals surface area contributed by atoms with E-state index in [1.54, 1.807) is 24.3 Å². The van der Waals surface area contributed by atoms with Crippen molar-refractivity contribution in [2.45, 2.75) is 12.5 Å². The standard InChI is InChI=1S/C17H17ClF3N3O2/c1-25-15(11-5-4-6-12(18)9-11)10-23-16(22)24-13-7-2-3-8-14(13)26-17(19,20)21/h2-9,15H,10H2,1H3,(H3,22,23,24). The smallest absolute Gasteiger partial charge is 0.404 e. The summed E-state index contributed by atoms with van der Waals surface area (Å²) in [4.78, 5) is 4.11. The first kappa shape index (κ1) is 19.9. The van der Waals surface area contributed by atoms with Crippen molar-refractivity contribution in [1.82, 2.24) is 0 Å². The van der Waals surface area contributed by atoms with E-state index < -0.39 is 18.2 Å². The zero-order chi connectivity index (χ0) is 19.2. The van der Waals surface area contributed by atoms with Gasteiger partial charge in [0.25, 0.3) is 0 Å². The van der Waals surface area contributed by atoms with Crippen LogP contribution in [0.2, 0.25) is 5.02 Å². The number of para-hydroxylation sites is 2. The fourth-order valence-electron chi connectivity index (χ4n) is 2.17. The highest BCUT2D eigenvalue weighted by atomic mass is 35.5. The molecule has 2 rings (SSSR count). The first-order valence-corrected chi connectivity index (χ1v) is 7.86. The minimum Gasteiger partial charge on any atom is -0.404 e. The van der Waals surface area contributed by atoms with Crippen molar-refractivity contribution in [3.05, 3.63) is 59.1 Å². The van der Waals surface area contributed by atoms with Gasteiger partial charge in [-0.1, -0.05) is 35.9 Å². The van der Waals surface area contributed by atoms with Gasteiger partial charge in [-0.15, -0.1) is 13.2 Å². The molecule has 0 saturated heterocycles. The predicted octanol–water partition coefficient (Wildman–Crippen LogP) is 4.35. The summed E-state index contributed by atoms with van der Waals surface area (Å²) in [7, 11) is 1.51. The third-order valence-electron chi connectivity index (χ3n) is 3.31. The van der Waals surface area contributed by atoms with Crippen LogP contribution in [0.1, 0.15) is 11.7 Å². The molecule has 2 aromatic rings. The van der Waals surface area contributed by atoms with E-state index in [-0.39, 0.29) is 18.2 Å². The van der Waals surface area contributed by atoms with Gasteiger partial charge in [-0.25, -0.2) is 0 Å². The number of alkyl halides is 3. The van der Waals surface area contributed by atoms with Gasteiger partial charge in [-0.2, -0.15) is 0 Å². The molecular weight excluding hydrogens is 371 g/mol. The lowest BCUT2D eigenvalue weighted by atomic mass is 10.1. The summed E-state index contributed by atoms with van der Waals surface area (Å²) in [6.45, 7) is 0.151. The Hall–Kier alpha value is -2.45. The predicted molar refractivity (Wildman–Crippen MR) is 94.4 cm³/mol. The molecule has 0 aliphatic carbocycles. The van der Waals surface area contributed by atoms with Crippen LogP contribution in [-0.2, 0) is 4.74 Å². The highest BCUT2D eigenvalue weighted by Crippen LogP contribution is 2.29. The Morgan fingerprint density at radius 3 is 2.62 bits per heavy atom. The van der Waals surface area contributed by atoms with E-state index in [4.69, 9.17) is 22.1 Å². The number of benzene rings is 2. The van der Waals surface area contributed by atoms with Crippen molar-refractivity contribution in [3.8, 4) is 5.75 Å². The normalized spacial score (nSPS) is 13.3. The molecule has 0 radical (unpaired) electrons. The van der Waals surface area contributed by atoms with Gasteiger partial charge in [0, 0.05) is 12.1 Å². The SMILES string of the molecule is COC(CN=C(N)Nc1ccccc1OC(F)(F)F)c1cccc(Cl)c1. The second kappa shape index (κ2) is 8.77. The van der Waals surface area contributed by atoms with Crippen LogP contribution in [0.3, 0.4) is 0 Å². The Bertz CT molecular complexity index is 769. The molecule has 0 aromatic heterocycles. The summed E-state index contributed by atoms with van der Waals surface area (Å²) in [5.74, 6) is -0.483. The van der Waals surface area contributed by atoms with Crippen LogP contribution in [0.4, 0.5) is 18.9 Å². The van der Waals surface area contributed by atoms with Gasteiger partial charge in [-0.3, -0.25) is 4.99 Å². The third-order valence-corrected chi connectivity index (χ3v) is 3.54. The molecule has 26 heavy (non-hydrogen) atoms. The lowest BCUT2D eigenvalue weighted by Gasteiger charge is -2.16. The van der Waals surface area contributed by atoms with Crippen LogP contribution in [0, 0.1) is 0 Å². The number of anilines is 1. The number of hydrogen-bond donors (Lipinski definition) is 2. The average Bonchev–Trinajstić information content (AvgIpc) is 2.56. The lowest BCUT2D eigenvalue weighted by molar-refractivity contribution is -0.274. The van der Waals surface area contributed by atoms with E-state index >= 15 is 0 Å². The maximum absolute atomic E-state index is 12.4. The number of halogens is 4. The largest absolute Gasteiger partial charge is 0.573 e. The molecule has 2 aromatic carbocycles. The van der Waals surface area contributed by atoms with Gasteiger partial charge < -0.3 is 20.5 Å². The van der Waals surface area contributed by atoms with Crippen molar-refractivity contribution < 1.29 is 22.6 Å². The van der Waals surface area contributed by atoms with Crippen molar-refractivity contribution in [2.24, 2.45) is 10.7 Å². The van der Waals surface area contributed by atoms with Gasteiger partial charge in [-0.05, 0) is 29.8 Å². The second-order valence-electron chi connectivity index (χ2n) is 5.17. The van der Waals surface area contributed by atoms with E-state index in [1.165, 1.54) is 25.3 Å². The Balaban J connectivity index is 2.08. The Labute approximate surface area is 153 Å². The van der Waals surface area contributed by atoms with Crippen molar-refractivity contribution in [3.63, 3.8) is 0 Å². The molecule has 0 amide bonds. The lowest BCUT2D eigenvalue weighted by Crippen LogP contribution is -2.25. The molecule has 0 aliphatic rings. The summed E-state index contributed by atoms with van der Waals surface area (Å²) in [5, 5.41) is 3.15. The number of guanidine groups is 1. The Morgan fingerprint density at radius 1 is 1.23 bits per heavy atom. The monoisotopic (exact) mass is 387 g/mol. The van der Waals surface area contributed by atoms with Crippen LogP contribution < -0.4 is 15.8 Å². The fourth-order valence-corrected chi connectivity index (χ4v) is 2.36. The van der Waals surface area contributed by atoms with E-state index in [1.807, 2.05) is 6.07 Å². The molecular formula is C17H17ClF3N3O2. The van der Waals surface area contributed by atoms with Gasteiger partial charge in [0.05, 0.1) is 12.2 Å². The summed E-state index contributed by atoms with van der Waals surface area (Å²) < 4.78 is 46.6. The van der Waals surface area contributed by atoms with E-state index in [0.717, 1.165) is 5.56 Å². The van der Waals surface area contributed by atoms with Crippen molar-refractivity contribution in [2.75, 3.05) is 19.0 Å². The first-order valence-electron chi connectivity index (χ1n) is 7.48. The molecule has 0 spiro atoms. The summed E-state index contributed by atoms with van der Waals surface area (Å²) in [6.07, 6.45) is -5.21. The molecule has 0 fully saturated rings. The molecule has 1 atom stereocenters. The number of aliphatic imine (C=N–C) groups is 1. The Kier molecular flexibility index (Phi) is 6.70. The first-order chi connectivity index (χ1) is 12.3. The number of hydrogen-bond acceptors (Lipinski definition) is 3. The minimum atomic E-state index is -4.81. The molecule has 0 saturated carbocycles. The zero-order valence-corrected chi connectivity index (χ0v) is 14.5. The van der Waals surface area contributed by atoms with Gasteiger partial charge in [0.2, 0.25) is 0 Å². The molecule has 9 heteroatoms. The van der Waals surface area contributed by atoms with Crippen LogP contribution in [-0.4, -0.2) is 26.0 Å². The van der Waals surface area contributed by atoms with Gasteiger partial charge in [0.15, 0.2) is 11.7 Å². The summed E-state index contributed by atoms with van der Waals surface area (Å²) >= 11 is 5.95. The van der Waals surface area contributed by atoms with E-state index in [9.17, 15) is 13.2 Å². The molecule has 5 nitrogen and oxygen atoms in total. The Morgan fingerprint density at radius 2 is 1.96 bits per heavy atom. The molecule has 1 unspecified atom stereocenters. The number of nitrogens with one attached hydrogen (secondary N) is 1. The number of methoxy groups -OCH3 is 1. The quantitative estimate of drug-likeness (QED) is 0.571. The van der Waals surface area contributed by atoms with E-state index in [2.05, 4.69) is 15.0 Å². The van der Waals surface area contributed by atoms with Crippen LogP contribution >= 0.6 is 11.6 Å². The van der Waals surface area contributed by atoms with Crippen LogP contribution in [0.15, 0.2) is 53.5 Å². The van der Waals surface area contributed by atoms with Crippen molar-refractivity contribution in [1.29, 1.82) is 0 Å². The number of nitrogens with two attached hydrogens (primary N) is 1. The van der Waals surface area contributed by atoms with Crippen molar-refractivity contribution >= 4 is 23.2 Å². The highest BCUT2D eigenvalue weighted by molar-refractivity contribution is 6.30. The number of ether oxygens (including phenoxy) is 2. The summed E-state index contributed by atoms with van der Waals surface area (Å²) in [5.41, 5.74) is 6.62. The van der Waals surface area contributed by atoms with Gasteiger partial charge in [0.1, 0.15) is 6.10 Å². The van der Waals surface area contributed by atoms with Gasteiger partial charge >= 0.3 is 6.36 Å². The molecule has 0 heterocycles. The summed E-state index contributed by atoms with van der Waals surface area (Å²) in [6, 6.07) is 12.6. The number of rotatable bonds is 6. The van der Waals surface area contributed by atoms with E-state index in [0.29, 0.717) is 5.02 Å². The second-order valence-corrected chi connectivity index (χ2v) is 5.61. The molecule has 0 aliphatic heterocycles. The van der Waals surface area contributed by atoms with Crippen LogP contribution in [0.25, 0.3) is 0 Å². The maximum atomic E-state index is 12.4. The molecule has 3 N–H and O–H groups in total.